The van der Waals surface area contributed by atoms with Crippen LogP contribution in [0.25, 0.3) is 11.4 Å². The van der Waals surface area contributed by atoms with Gasteiger partial charge in [0.15, 0.2) is 0 Å². The minimum absolute atomic E-state index is 0.860. The first-order valence-electron chi connectivity index (χ1n) is 6.97. The molecule has 0 aliphatic rings. The van der Waals surface area contributed by atoms with Crippen LogP contribution in [-0.4, -0.2) is 9.55 Å². The third-order valence-corrected chi connectivity index (χ3v) is 4.44. The van der Waals surface area contributed by atoms with Crippen molar-refractivity contribution in [3.63, 3.8) is 0 Å². The van der Waals surface area contributed by atoms with E-state index in [0.29, 0.717) is 0 Å². The molecule has 3 rings (SSSR count). The van der Waals surface area contributed by atoms with Crippen LogP contribution in [0.2, 0.25) is 0 Å². The standard InChI is InChI=1S/C18H17IN2/c1-13-5-3-6-14(2)17(13)12-21-10-9-20-18(21)15-7-4-8-16(19)11-15/h3-11H,12H2,1-2H3. The molecule has 106 valence electrons. The van der Waals surface area contributed by atoms with Crippen LogP contribution >= 0.6 is 22.6 Å². The predicted octanol–water partition coefficient (Wildman–Crippen LogP) is 4.82. The summed E-state index contributed by atoms with van der Waals surface area (Å²) in [5.74, 6) is 1.02. The van der Waals surface area contributed by atoms with Crippen LogP contribution in [0.15, 0.2) is 54.9 Å². The molecular weight excluding hydrogens is 371 g/mol. The summed E-state index contributed by atoms with van der Waals surface area (Å²) in [6.07, 6.45) is 3.93. The third-order valence-electron chi connectivity index (χ3n) is 3.77. The molecule has 0 aliphatic carbocycles. The maximum absolute atomic E-state index is 4.54. The fourth-order valence-corrected chi connectivity index (χ4v) is 3.14. The number of hydrogen-bond acceptors (Lipinski definition) is 1. The fourth-order valence-electron chi connectivity index (χ4n) is 2.59. The van der Waals surface area contributed by atoms with Gasteiger partial charge in [0.1, 0.15) is 5.82 Å². The van der Waals surface area contributed by atoms with Crippen molar-refractivity contribution < 1.29 is 0 Å². The lowest BCUT2D eigenvalue weighted by Crippen LogP contribution is -2.04. The van der Waals surface area contributed by atoms with E-state index in [0.717, 1.165) is 17.9 Å². The molecule has 0 N–H and O–H groups in total. The van der Waals surface area contributed by atoms with Gasteiger partial charge in [-0.1, -0.05) is 30.3 Å². The monoisotopic (exact) mass is 388 g/mol. The molecule has 0 saturated carbocycles. The molecule has 0 saturated heterocycles. The maximum Gasteiger partial charge on any atom is 0.140 e. The summed E-state index contributed by atoms with van der Waals surface area (Å²) >= 11 is 2.34. The Morgan fingerprint density at radius 1 is 1.05 bits per heavy atom. The zero-order chi connectivity index (χ0) is 14.8. The van der Waals surface area contributed by atoms with Crippen molar-refractivity contribution in [2.24, 2.45) is 0 Å². The largest absolute Gasteiger partial charge is 0.327 e. The fraction of sp³-hybridized carbons (Fsp3) is 0.167. The lowest BCUT2D eigenvalue weighted by atomic mass is 10.0. The molecule has 0 radical (unpaired) electrons. The SMILES string of the molecule is Cc1cccc(C)c1Cn1ccnc1-c1cccc(I)c1. The number of aromatic nitrogens is 2. The van der Waals surface area contributed by atoms with E-state index < -0.39 is 0 Å². The van der Waals surface area contributed by atoms with Gasteiger partial charge in [-0.05, 0) is 65.3 Å². The summed E-state index contributed by atoms with van der Waals surface area (Å²) in [5, 5.41) is 0. The second-order valence-corrected chi connectivity index (χ2v) is 6.51. The van der Waals surface area contributed by atoms with E-state index in [1.807, 2.05) is 6.20 Å². The first-order valence-corrected chi connectivity index (χ1v) is 8.05. The molecule has 3 heteroatoms. The Kier molecular flexibility index (Phi) is 4.10. The second kappa shape index (κ2) is 6.02. The normalized spacial score (nSPS) is 10.8. The van der Waals surface area contributed by atoms with Crippen molar-refractivity contribution in [3.05, 3.63) is 75.1 Å². The quantitative estimate of drug-likeness (QED) is 0.589. The average Bonchev–Trinajstić information content (AvgIpc) is 2.91. The number of aryl methyl sites for hydroxylation is 2. The molecule has 0 atom stereocenters. The summed E-state index contributed by atoms with van der Waals surface area (Å²) < 4.78 is 3.45. The first kappa shape index (κ1) is 14.3. The van der Waals surface area contributed by atoms with E-state index in [2.05, 4.69) is 94.7 Å². The van der Waals surface area contributed by atoms with Crippen molar-refractivity contribution >= 4 is 22.6 Å². The lowest BCUT2D eigenvalue weighted by Gasteiger charge is -2.13. The Morgan fingerprint density at radius 3 is 2.48 bits per heavy atom. The van der Waals surface area contributed by atoms with E-state index in [9.17, 15) is 0 Å². The number of benzene rings is 2. The number of imidazole rings is 1. The molecular formula is C18H17IN2. The molecule has 0 spiro atoms. The van der Waals surface area contributed by atoms with Crippen molar-refractivity contribution in [3.8, 4) is 11.4 Å². The summed E-state index contributed by atoms with van der Waals surface area (Å²) in [4.78, 5) is 4.54. The van der Waals surface area contributed by atoms with Crippen molar-refractivity contribution in [2.45, 2.75) is 20.4 Å². The molecule has 1 aromatic heterocycles. The van der Waals surface area contributed by atoms with Crippen LogP contribution in [0.4, 0.5) is 0 Å². The number of halogens is 1. The van der Waals surface area contributed by atoms with Gasteiger partial charge in [-0.2, -0.15) is 0 Å². The molecule has 0 fully saturated rings. The Hall–Kier alpha value is -1.62. The van der Waals surface area contributed by atoms with E-state index >= 15 is 0 Å². The number of nitrogens with zero attached hydrogens (tertiary/aromatic N) is 2. The molecule has 0 amide bonds. The van der Waals surface area contributed by atoms with Gasteiger partial charge in [0.05, 0.1) is 0 Å². The zero-order valence-electron chi connectivity index (χ0n) is 12.2. The smallest absolute Gasteiger partial charge is 0.140 e. The molecule has 1 heterocycles. The highest BCUT2D eigenvalue weighted by Gasteiger charge is 2.09. The van der Waals surface area contributed by atoms with Crippen molar-refractivity contribution in [1.29, 1.82) is 0 Å². The van der Waals surface area contributed by atoms with Crippen LogP contribution < -0.4 is 0 Å². The summed E-state index contributed by atoms with van der Waals surface area (Å²) in [6, 6.07) is 14.9. The molecule has 0 bridgehead atoms. The summed E-state index contributed by atoms with van der Waals surface area (Å²) in [7, 11) is 0. The van der Waals surface area contributed by atoms with Crippen LogP contribution in [0.1, 0.15) is 16.7 Å². The minimum Gasteiger partial charge on any atom is -0.327 e. The summed E-state index contributed by atoms with van der Waals surface area (Å²) in [6.45, 7) is 5.20. The zero-order valence-corrected chi connectivity index (χ0v) is 14.3. The van der Waals surface area contributed by atoms with Gasteiger partial charge in [-0.25, -0.2) is 4.98 Å². The Labute approximate surface area is 139 Å². The van der Waals surface area contributed by atoms with Crippen LogP contribution in [0.5, 0.6) is 0 Å². The number of hydrogen-bond donors (Lipinski definition) is 0. The Balaban J connectivity index is 2.00. The lowest BCUT2D eigenvalue weighted by molar-refractivity contribution is 0.796. The van der Waals surface area contributed by atoms with E-state index in [-0.39, 0.29) is 0 Å². The van der Waals surface area contributed by atoms with Gasteiger partial charge < -0.3 is 4.57 Å². The van der Waals surface area contributed by atoms with Crippen LogP contribution in [-0.2, 0) is 6.54 Å². The molecule has 0 unspecified atom stereocenters. The topological polar surface area (TPSA) is 17.8 Å². The third kappa shape index (κ3) is 3.02. The van der Waals surface area contributed by atoms with Crippen LogP contribution in [0, 0.1) is 17.4 Å². The molecule has 2 aromatic carbocycles. The predicted molar refractivity (Wildman–Crippen MR) is 95.4 cm³/mol. The van der Waals surface area contributed by atoms with Gasteiger partial charge in [-0.15, -0.1) is 0 Å². The highest BCUT2D eigenvalue weighted by molar-refractivity contribution is 14.1. The van der Waals surface area contributed by atoms with Gasteiger partial charge in [0.2, 0.25) is 0 Å². The Bertz CT molecular complexity index is 754. The first-order chi connectivity index (χ1) is 10.1. The molecule has 2 nitrogen and oxygen atoms in total. The Morgan fingerprint density at radius 2 is 1.76 bits per heavy atom. The van der Waals surface area contributed by atoms with Crippen LogP contribution in [0.3, 0.4) is 0 Å². The van der Waals surface area contributed by atoms with Gasteiger partial charge in [0, 0.05) is 28.1 Å². The second-order valence-electron chi connectivity index (χ2n) is 5.26. The maximum atomic E-state index is 4.54. The van der Waals surface area contributed by atoms with Gasteiger partial charge in [-0.3, -0.25) is 0 Å². The molecule has 0 aliphatic heterocycles. The van der Waals surface area contributed by atoms with E-state index in [1.165, 1.54) is 20.3 Å². The number of rotatable bonds is 3. The molecule has 3 aromatic rings. The van der Waals surface area contributed by atoms with Gasteiger partial charge in [0.25, 0.3) is 0 Å². The minimum atomic E-state index is 0.860. The molecule has 21 heavy (non-hydrogen) atoms. The highest BCUT2D eigenvalue weighted by atomic mass is 127. The summed E-state index contributed by atoms with van der Waals surface area (Å²) in [5.41, 5.74) is 5.20. The van der Waals surface area contributed by atoms with E-state index in [1.54, 1.807) is 0 Å². The highest BCUT2D eigenvalue weighted by Crippen LogP contribution is 2.22. The van der Waals surface area contributed by atoms with Gasteiger partial charge >= 0.3 is 0 Å². The van der Waals surface area contributed by atoms with E-state index in [4.69, 9.17) is 0 Å². The average molecular weight is 388 g/mol. The van der Waals surface area contributed by atoms with Crippen molar-refractivity contribution in [1.82, 2.24) is 9.55 Å². The van der Waals surface area contributed by atoms with Crippen molar-refractivity contribution in [2.75, 3.05) is 0 Å².